The molecule has 34 heavy (non-hydrogen) atoms. The first-order valence-electron chi connectivity index (χ1n) is 11.3. The summed E-state index contributed by atoms with van der Waals surface area (Å²) in [6, 6.07) is 27.9. The van der Waals surface area contributed by atoms with E-state index in [0.29, 0.717) is 23.6 Å². The maximum atomic E-state index is 12.8. The minimum Gasteiger partial charge on any atom is -0.507 e. The molecule has 5 heteroatoms. The van der Waals surface area contributed by atoms with Crippen LogP contribution < -0.4 is 10.9 Å². The average Bonchev–Trinajstić information content (AvgIpc) is 3.01. The van der Waals surface area contributed by atoms with Crippen molar-refractivity contribution in [3.8, 4) is 5.75 Å². The van der Waals surface area contributed by atoms with Gasteiger partial charge in [-0.3, -0.25) is 4.99 Å². The number of nitrogens with zero attached hydrogens (tertiary/aromatic N) is 1. The number of para-hydroxylation sites is 2. The fourth-order valence-electron chi connectivity index (χ4n) is 4.93. The monoisotopic (exact) mass is 446 g/mol. The van der Waals surface area contributed by atoms with Crippen LogP contribution in [0.1, 0.15) is 29.3 Å². The van der Waals surface area contributed by atoms with E-state index in [0.717, 1.165) is 32.8 Å². The Balaban J connectivity index is 1.63. The lowest BCUT2D eigenvalue weighted by Gasteiger charge is -2.23. The van der Waals surface area contributed by atoms with E-state index in [2.05, 4.69) is 35.6 Å². The van der Waals surface area contributed by atoms with Crippen LogP contribution in [-0.2, 0) is 0 Å². The molecule has 5 aromatic rings. The third-order valence-corrected chi connectivity index (χ3v) is 6.39. The summed E-state index contributed by atoms with van der Waals surface area (Å²) in [6.07, 6.45) is 0.397. The van der Waals surface area contributed by atoms with Crippen molar-refractivity contribution >= 4 is 38.6 Å². The molecule has 0 aliphatic carbocycles. The summed E-state index contributed by atoms with van der Waals surface area (Å²) in [5.41, 5.74) is 2.73. The van der Waals surface area contributed by atoms with Crippen molar-refractivity contribution in [3.05, 3.63) is 112 Å². The normalized spacial score (nSPS) is 15.4. The molecule has 0 radical (unpaired) electrons. The molecular formula is C29H22N2O3. The van der Waals surface area contributed by atoms with Gasteiger partial charge < -0.3 is 14.8 Å². The lowest BCUT2D eigenvalue weighted by atomic mass is 9.89. The molecule has 0 spiro atoms. The second kappa shape index (κ2) is 7.89. The second-order valence-electron chi connectivity index (χ2n) is 8.61. The molecule has 0 unspecified atom stereocenters. The van der Waals surface area contributed by atoms with Gasteiger partial charge >= 0.3 is 5.63 Å². The van der Waals surface area contributed by atoms with E-state index in [1.54, 1.807) is 6.92 Å². The third kappa shape index (κ3) is 3.33. The Hall–Kier alpha value is -4.38. The average molecular weight is 447 g/mol. The predicted molar refractivity (Wildman–Crippen MR) is 136 cm³/mol. The van der Waals surface area contributed by atoms with Gasteiger partial charge in [0.05, 0.1) is 23.1 Å². The van der Waals surface area contributed by atoms with E-state index in [-0.39, 0.29) is 17.4 Å². The largest absolute Gasteiger partial charge is 0.507 e. The molecule has 2 N–H and O–H groups in total. The van der Waals surface area contributed by atoms with Gasteiger partial charge in [0.2, 0.25) is 0 Å². The number of fused-ring (bicyclic) bond motifs is 3. The highest BCUT2D eigenvalue weighted by molar-refractivity contribution is 6.08. The second-order valence-corrected chi connectivity index (χ2v) is 8.61. The Morgan fingerprint density at radius 3 is 2.26 bits per heavy atom. The molecule has 5 nitrogen and oxygen atoms in total. The number of hydrogen-bond donors (Lipinski definition) is 2. The van der Waals surface area contributed by atoms with Gasteiger partial charge in [-0.2, -0.15) is 0 Å². The molecule has 0 bridgehead atoms. The minimum atomic E-state index is -0.586. The number of benzene rings is 4. The molecule has 1 aliphatic heterocycles. The molecule has 6 rings (SSSR count). The Kier molecular flexibility index (Phi) is 4.69. The maximum Gasteiger partial charge on any atom is 0.348 e. The first-order chi connectivity index (χ1) is 16.6. The summed E-state index contributed by atoms with van der Waals surface area (Å²) < 4.78 is 5.34. The van der Waals surface area contributed by atoms with Crippen molar-refractivity contribution in [2.45, 2.75) is 19.4 Å². The summed E-state index contributed by atoms with van der Waals surface area (Å²) in [7, 11) is 0. The Labute approximate surface area is 196 Å². The van der Waals surface area contributed by atoms with Crippen molar-refractivity contribution in [1.29, 1.82) is 0 Å². The molecule has 1 aliphatic rings. The number of hydrogen-bond acceptors (Lipinski definition) is 5. The molecule has 1 aromatic heterocycles. The molecular weight excluding hydrogens is 424 g/mol. The first kappa shape index (κ1) is 20.2. The van der Waals surface area contributed by atoms with Crippen LogP contribution in [0.4, 0.5) is 11.4 Å². The van der Waals surface area contributed by atoms with Crippen molar-refractivity contribution in [1.82, 2.24) is 0 Å². The van der Waals surface area contributed by atoms with Crippen molar-refractivity contribution in [2.24, 2.45) is 4.99 Å². The Morgan fingerprint density at radius 1 is 0.912 bits per heavy atom. The lowest BCUT2D eigenvalue weighted by Crippen LogP contribution is -2.20. The fourth-order valence-corrected chi connectivity index (χ4v) is 4.93. The van der Waals surface area contributed by atoms with E-state index in [1.165, 1.54) is 6.07 Å². The summed E-state index contributed by atoms with van der Waals surface area (Å²) in [5, 5.41) is 18.9. The van der Waals surface area contributed by atoms with E-state index in [1.807, 2.05) is 48.5 Å². The van der Waals surface area contributed by atoms with E-state index in [4.69, 9.17) is 9.41 Å². The van der Waals surface area contributed by atoms with Crippen molar-refractivity contribution in [3.63, 3.8) is 0 Å². The van der Waals surface area contributed by atoms with E-state index in [9.17, 15) is 9.90 Å². The molecule has 0 saturated heterocycles. The van der Waals surface area contributed by atoms with Gasteiger partial charge in [-0.05, 0) is 52.2 Å². The number of nitrogens with one attached hydrogen (secondary N) is 1. The smallest absolute Gasteiger partial charge is 0.348 e. The number of aromatic hydroxyl groups is 1. The third-order valence-electron chi connectivity index (χ3n) is 6.39. The summed E-state index contributed by atoms with van der Waals surface area (Å²) in [6.45, 7) is 1.64. The van der Waals surface area contributed by atoms with Crippen LogP contribution in [0.15, 0.2) is 99.1 Å². The summed E-state index contributed by atoms with van der Waals surface area (Å²) >= 11 is 0. The molecule has 166 valence electrons. The van der Waals surface area contributed by atoms with Crippen LogP contribution in [0.3, 0.4) is 0 Å². The standard InChI is InChI=1S/C29H22N2O3/c1-17-14-26(32)28(29(33)34-17)25-16-24(30-22-12-6-7-13-23(22)31-25)27-20-10-4-2-8-18(20)15-19-9-3-5-11-21(19)27/h2-15,24,30,32H,16H2,1H3/t24-/m1/s1. The van der Waals surface area contributed by atoms with Crippen LogP contribution in [0.25, 0.3) is 21.5 Å². The minimum absolute atomic E-state index is 0.110. The van der Waals surface area contributed by atoms with Crippen LogP contribution in [0, 0.1) is 6.92 Å². The topological polar surface area (TPSA) is 74.8 Å². The number of aryl methyl sites for hydroxylation is 1. The molecule has 1 atom stereocenters. The molecule has 4 aromatic carbocycles. The fraction of sp³-hybridized carbons (Fsp3) is 0.103. The molecule has 0 saturated carbocycles. The first-order valence-corrected chi connectivity index (χ1v) is 11.3. The van der Waals surface area contributed by atoms with Crippen LogP contribution in [0.2, 0.25) is 0 Å². The maximum absolute atomic E-state index is 12.8. The van der Waals surface area contributed by atoms with Gasteiger partial charge in [0.25, 0.3) is 0 Å². The highest BCUT2D eigenvalue weighted by Gasteiger charge is 2.27. The van der Waals surface area contributed by atoms with Gasteiger partial charge in [-0.25, -0.2) is 4.79 Å². The Morgan fingerprint density at radius 2 is 1.56 bits per heavy atom. The number of anilines is 1. The summed E-state index contributed by atoms with van der Waals surface area (Å²) in [4.78, 5) is 17.7. The van der Waals surface area contributed by atoms with Gasteiger partial charge in [0.1, 0.15) is 17.1 Å². The summed E-state index contributed by atoms with van der Waals surface area (Å²) in [5.74, 6) is 0.240. The van der Waals surface area contributed by atoms with E-state index >= 15 is 0 Å². The van der Waals surface area contributed by atoms with Crippen molar-refractivity contribution in [2.75, 3.05) is 5.32 Å². The van der Waals surface area contributed by atoms with Gasteiger partial charge in [-0.1, -0.05) is 60.7 Å². The van der Waals surface area contributed by atoms with Crippen molar-refractivity contribution < 1.29 is 9.52 Å². The zero-order chi connectivity index (χ0) is 23.2. The van der Waals surface area contributed by atoms with Crippen LogP contribution in [-0.4, -0.2) is 10.8 Å². The van der Waals surface area contributed by atoms with Crippen LogP contribution in [0.5, 0.6) is 5.75 Å². The van der Waals surface area contributed by atoms with E-state index < -0.39 is 5.63 Å². The highest BCUT2D eigenvalue weighted by atomic mass is 16.4. The Bertz CT molecular complexity index is 1610. The SMILES string of the molecule is Cc1cc(O)c(C2=Nc3ccccc3N[C@@H](c3c4ccccc4cc4ccccc34)C2)c(=O)o1. The zero-order valence-corrected chi connectivity index (χ0v) is 18.6. The van der Waals surface area contributed by atoms with Gasteiger partial charge in [0.15, 0.2) is 0 Å². The molecule has 2 heterocycles. The quantitative estimate of drug-likeness (QED) is 0.298. The highest BCUT2D eigenvalue weighted by Crippen LogP contribution is 2.41. The van der Waals surface area contributed by atoms with Gasteiger partial charge in [-0.15, -0.1) is 0 Å². The lowest BCUT2D eigenvalue weighted by molar-refractivity contribution is 0.432. The predicted octanol–water partition coefficient (Wildman–Crippen LogP) is 6.64. The van der Waals surface area contributed by atoms with Gasteiger partial charge in [0, 0.05) is 12.5 Å². The number of aliphatic imine (C=N–C) groups is 1. The molecule has 0 fully saturated rings. The zero-order valence-electron chi connectivity index (χ0n) is 18.6. The molecule has 0 amide bonds. The number of rotatable bonds is 2. The van der Waals surface area contributed by atoms with Crippen LogP contribution >= 0.6 is 0 Å².